The Kier molecular flexibility index (Phi) is 8.00. The number of aromatic nitrogens is 8. The maximum atomic E-state index is 11.2. The van der Waals surface area contributed by atoms with Gasteiger partial charge in [-0.1, -0.05) is 12.1 Å². The first kappa shape index (κ1) is 28.1. The first-order valence-corrected chi connectivity index (χ1v) is 13.3. The highest BCUT2D eigenvalue weighted by atomic mass is 16.3. The summed E-state index contributed by atoms with van der Waals surface area (Å²) in [5, 5.41) is 53.7. The van der Waals surface area contributed by atoms with Gasteiger partial charge in [0.25, 0.3) is 0 Å². The van der Waals surface area contributed by atoms with Crippen molar-refractivity contribution in [3.8, 4) is 11.5 Å². The zero-order valence-corrected chi connectivity index (χ0v) is 23.9. The molecule has 2 aromatic heterocycles. The number of tetrazole rings is 2. The molecule has 13 heteroatoms. The van der Waals surface area contributed by atoms with Crippen LogP contribution in [0.5, 0.6) is 11.5 Å². The number of anilines is 1. The monoisotopic (exact) mass is 565 g/mol. The van der Waals surface area contributed by atoms with Crippen LogP contribution >= 0.6 is 0 Å². The molecule has 0 aliphatic heterocycles. The number of phenols is 2. The Bertz CT molecular complexity index is 1660. The van der Waals surface area contributed by atoms with Gasteiger partial charge in [-0.2, -0.15) is 10.2 Å². The van der Waals surface area contributed by atoms with Gasteiger partial charge < -0.3 is 15.1 Å². The molecule has 0 saturated heterocycles. The fraction of sp³-hybridized carbons (Fsp3) is 0.241. The summed E-state index contributed by atoms with van der Waals surface area (Å²) >= 11 is 0. The summed E-state index contributed by atoms with van der Waals surface area (Å²) in [4.78, 5) is 4.79. The molecule has 5 rings (SSSR count). The lowest BCUT2D eigenvalue weighted by Gasteiger charge is -2.27. The number of aromatic hydroxyl groups is 2. The van der Waals surface area contributed by atoms with Crippen LogP contribution < -0.4 is 4.90 Å². The minimum absolute atomic E-state index is 0.0705. The second-order valence-electron chi connectivity index (χ2n) is 10.1. The lowest BCUT2D eigenvalue weighted by molar-refractivity contribution is 0.458. The Morgan fingerprint density at radius 2 is 1.29 bits per heavy atom. The lowest BCUT2D eigenvalue weighted by atomic mass is 9.82. The van der Waals surface area contributed by atoms with Crippen molar-refractivity contribution in [2.75, 3.05) is 11.9 Å². The normalized spacial score (nSPS) is 11.9. The SMILES string of the molecule is Cc1nnnn1/N=C/c1ccc(O)c(C(c2cccc(N(C)C(C)C)c2)c2cc(/C=N/n3nnnc3C)ccc2O)c1. The van der Waals surface area contributed by atoms with E-state index in [0.717, 1.165) is 11.3 Å². The molecule has 0 bridgehead atoms. The Labute approximate surface area is 242 Å². The maximum Gasteiger partial charge on any atom is 0.173 e. The van der Waals surface area contributed by atoms with E-state index in [4.69, 9.17) is 0 Å². The molecule has 214 valence electrons. The Morgan fingerprint density at radius 3 is 1.74 bits per heavy atom. The van der Waals surface area contributed by atoms with Gasteiger partial charge >= 0.3 is 0 Å². The van der Waals surface area contributed by atoms with Crippen LogP contribution in [-0.2, 0) is 0 Å². The van der Waals surface area contributed by atoms with Crippen LogP contribution in [-0.4, -0.2) is 76.4 Å². The van der Waals surface area contributed by atoms with Crippen molar-refractivity contribution in [3.63, 3.8) is 0 Å². The van der Waals surface area contributed by atoms with E-state index in [-0.39, 0.29) is 17.5 Å². The average Bonchev–Trinajstić information content (AvgIpc) is 3.60. The van der Waals surface area contributed by atoms with Gasteiger partial charge in [0.1, 0.15) is 11.5 Å². The molecule has 0 atom stereocenters. The molecule has 0 unspecified atom stereocenters. The summed E-state index contributed by atoms with van der Waals surface area (Å²) in [5.74, 6) is 0.669. The number of aryl methyl sites for hydroxylation is 2. The first-order valence-electron chi connectivity index (χ1n) is 13.3. The van der Waals surface area contributed by atoms with Crippen molar-refractivity contribution in [2.24, 2.45) is 10.2 Å². The molecule has 2 heterocycles. The Hall–Kier alpha value is -5.46. The smallest absolute Gasteiger partial charge is 0.173 e. The third kappa shape index (κ3) is 5.99. The van der Waals surface area contributed by atoms with E-state index >= 15 is 0 Å². The molecule has 0 spiro atoms. The van der Waals surface area contributed by atoms with Gasteiger partial charge in [0.2, 0.25) is 0 Å². The van der Waals surface area contributed by atoms with Gasteiger partial charge in [-0.15, -0.1) is 19.8 Å². The number of hydrogen-bond acceptors (Lipinski definition) is 11. The van der Waals surface area contributed by atoms with E-state index in [9.17, 15) is 10.2 Å². The topological polar surface area (TPSA) is 156 Å². The van der Waals surface area contributed by atoms with Gasteiger partial charge in [-0.3, -0.25) is 0 Å². The summed E-state index contributed by atoms with van der Waals surface area (Å²) in [6.45, 7) is 7.73. The van der Waals surface area contributed by atoms with E-state index in [1.807, 2.05) is 37.4 Å². The quantitative estimate of drug-likeness (QED) is 0.202. The highest BCUT2D eigenvalue weighted by Gasteiger charge is 2.24. The third-order valence-electron chi connectivity index (χ3n) is 6.95. The van der Waals surface area contributed by atoms with Crippen molar-refractivity contribution in [3.05, 3.63) is 100 Å². The average molecular weight is 566 g/mol. The van der Waals surface area contributed by atoms with Crippen LogP contribution in [0.1, 0.15) is 59.2 Å². The van der Waals surface area contributed by atoms with Crippen LogP contribution in [0.2, 0.25) is 0 Å². The first-order chi connectivity index (χ1) is 20.2. The van der Waals surface area contributed by atoms with Crippen molar-refractivity contribution >= 4 is 18.1 Å². The maximum absolute atomic E-state index is 11.2. The molecule has 5 aromatic rings. The van der Waals surface area contributed by atoms with Crippen LogP contribution in [0.25, 0.3) is 0 Å². The number of nitrogens with zero attached hydrogens (tertiary/aromatic N) is 11. The molecule has 0 radical (unpaired) electrons. The zero-order valence-electron chi connectivity index (χ0n) is 23.9. The summed E-state index contributed by atoms with van der Waals surface area (Å²) < 4.78 is 0. The predicted octanol–water partition coefficient (Wildman–Crippen LogP) is 3.48. The van der Waals surface area contributed by atoms with E-state index in [1.54, 1.807) is 50.5 Å². The Balaban J connectivity index is 1.64. The third-order valence-corrected chi connectivity index (χ3v) is 6.95. The zero-order chi connectivity index (χ0) is 29.8. The van der Waals surface area contributed by atoms with Gasteiger partial charge in [-0.05, 0) is 114 Å². The molecular formula is C29H31N11O2. The predicted molar refractivity (Wildman–Crippen MR) is 158 cm³/mol. The molecule has 0 fully saturated rings. The second-order valence-corrected chi connectivity index (χ2v) is 10.1. The number of hydrogen-bond donors (Lipinski definition) is 2. The van der Waals surface area contributed by atoms with Gasteiger partial charge in [0.05, 0.1) is 12.4 Å². The van der Waals surface area contributed by atoms with Crippen molar-refractivity contribution < 1.29 is 10.2 Å². The molecule has 3 aromatic carbocycles. The Morgan fingerprint density at radius 1 is 0.762 bits per heavy atom. The molecule has 42 heavy (non-hydrogen) atoms. The van der Waals surface area contributed by atoms with Gasteiger partial charge in [0, 0.05) is 35.8 Å². The van der Waals surface area contributed by atoms with Gasteiger partial charge in [-0.25, -0.2) is 0 Å². The van der Waals surface area contributed by atoms with Crippen LogP contribution in [0.4, 0.5) is 5.69 Å². The summed E-state index contributed by atoms with van der Waals surface area (Å²) in [5.41, 5.74) is 4.47. The highest BCUT2D eigenvalue weighted by Crippen LogP contribution is 2.42. The minimum atomic E-state index is -0.545. The number of benzene rings is 3. The van der Waals surface area contributed by atoms with Crippen LogP contribution in [0, 0.1) is 13.8 Å². The van der Waals surface area contributed by atoms with Crippen molar-refractivity contribution in [2.45, 2.75) is 39.7 Å². The van der Waals surface area contributed by atoms with E-state index in [0.29, 0.717) is 33.9 Å². The fourth-order valence-corrected chi connectivity index (χ4v) is 4.43. The summed E-state index contributed by atoms with van der Waals surface area (Å²) in [6.07, 6.45) is 3.23. The van der Waals surface area contributed by atoms with Crippen LogP contribution in [0.15, 0.2) is 70.9 Å². The molecular weight excluding hydrogens is 534 g/mol. The van der Waals surface area contributed by atoms with E-state index < -0.39 is 5.92 Å². The molecule has 2 N–H and O–H groups in total. The van der Waals surface area contributed by atoms with Crippen molar-refractivity contribution in [1.29, 1.82) is 0 Å². The summed E-state index contributed by atoms with van der Waals surface area (Å²) in [7, 11) is 2.03. The molecule has 0 aliphatic carbocycles. The minimum Gasteiger partial charge on any atom is -0.508 e. The summed E-state index contributed by atoms with van der Waals surface area (Å²) in [6, 6.07) is 18.7. The highest BCUT2D eigenvalue weighted by molar-refractivity contribution is 5.82. The molecule has 0 amide bonds. The molecule has 0 aliphatic rings. The molecule has 0 saturated carbocycles. The second kappa shape index (κ2) is 12.0. The van der Waals surface area contributed by atoms with E-state index in [1.165, 1.54) is 9.58 Å². The fourth-order valence-electron chi connectivity index (χ4n) is 4.43. The number of rotatable bonds is 9. The standard InChI is InChI=1S/C29H31N11O2/c1-18(2)38(5)24-8-6-7-23(15-24)29(25-13-21(9-11-27(25)41)16-30-39-19(3)32-34-36-39)26-14-22(10-12-28(26)42)17-31-40-20(4)33-35-37-40/h6-18,29,41-42H,1-5H3/b30-16+,31-17+. The molecule has 13 nitrogen and oxygen atoms in total. The van der Waals surface area contributed by atoms with Crippen LogP contribution in [0.3, 0.4) is 0 Å². The lowest BCUT2D eigenvalue weighted by Crippen LogP contribution is -2.25. The van der Waals surface area contributed by atoms with Gasteiger partial charge in [0.15, 0.2) is 11.6 Å². The van der Waals surface area contributed by atoms with Crippen molar-refractivity contribution in [1.82, 2.24) is 40.6 Å². The van der Waals surface area contributed by atoms with E-state index in [2.05, 4.69) is 66.1 Å². The largest absolute Gasteiger partial charge is 0.508 e. The number of phenolic OH excluding ortho intramolecular Hbond substituents is 2.